The van der Waals surface area contributed by atoms with Crippen LogP contribution in [0.2, 0.25) is 5.02 Å². The molecule has 1 heterocycles. The smallest absolute Gasteiger partial charge is 0.121 e. The van der Waals surface area contributed by atoms with E-state index in [4.69, 9.17) is 21.6 Å². The van der Waals surface area contributed by atoms with E-state index in [9.17, 15) is 0 Å². The first-order valence-electron chi connectivity index (χ1n) is 5.14. The van der Waals surface area contributed by atoms with E-state index in [1.54, 1.807) is 0 Å². The summed E-state index contributed by atoms with van der Waals surface area (Å²) in [5.41, 5.74) is 1.74. The van der Waals surface area contributed by atoms with Crippen molar-refractivity contribution in [3.05, 3.63) is 28.8 Å². The first-order chi connectivity index (χ1) is 7.65. The number of nitrogens with one attached hydrogen (secondary N) is 1. The van der Waals surface area contributed by atoms with Crippen molar-refractivity contribution in [2.24, 2.45) is 5.41 Å². The summed E-state index contributed by atoms with van der Waals surface area (Å²) < 4.78 is 5.08. The van der Waals surface area contributed by atoms with Gasteiger partial charge in [0.15, 0.2) is 0 Å². The molecule has 0 bridgehead atoms. The minimum atomic E-state index is -0.366. The average molecular weight is 237 g/mol. The first kappa shape index (κ1) is 11.3. The van der Waals surface area contributed by atoms with Crippen LogP contribution in [0.4, 0.5) is 5.69 Å². The molecule has 84 valence electrons. The third-order valence-corrected chi connectivity index (χ3v) is 3.05. The number of anilines is 1. The van der Waals surface area contributed by atoms with Gasteiger partial charge in [0.25, 0.3) is 0 Å². The lowest BCUT2D eigenvalue weighted by Crippen LogP contribution is -2.46. The van der Waals surface area contributed by atoms with Gasteiger partial charge < -0.3 is 10.1 Å². The van der Waals surface area contributed by atoms with E-state index in [2.05, 4.69) is 11.4 Å². The van der Waals surface area contributed by atoms with Gasteiger partial charge in [0.05, 0.1) is 19.3 Å². The second-order valence-electron chi connectivity index (χ2n) is 4.20. The summed E-state index contributed by atoms with van der Waals surface area (Å²) in [5, 5.41) is 13.0. The third kappa shape index (κ3) is 2.13. The van der Waals surface area contributed by atoms with Crippen LogP contribution >= 0.6 is 11.6 Å². The second kappa shape index (κ2) is 4.32. The van der Waals surface area contributed by atoms with Crippen LogP contribution in [0.25, 0.3) is 0 Å². The lowest BCUT2D eigenvalue weighted by molar-refractivity contribution is -0.0690. The van der Waals surface area contributed by atoms with Crippen molar-refractivity contribution in [3.8, 4) is 6.07 Å². The van der Waals surface area contributed by atoms with Gasteiger partial charge in [0.2, 0.25) is 0 Å². The lowest BCUT2D eigenvalue weighted by Gasteiger charge is -2.35. The SMILES string of the molecule is Cc1ccc(Cl)cc1NCC1(C#N)COC1. The van der Waals surface area contributed by atoms with Crippen molar-refractivity contribution < 1.29 is 4.74 Å². The van der Waals surface area contributed by atoms with Gasteiger partial charge in [-0.25, -0.2) is 0 Å². The molecule has 1 aromatic carbocycles. The Bertz CT molecular complexity index is 435. The number of ether oxygens (including phenoxy) is 1. The summed E-state index contributed by atoms with van der Waals surface area (Å²) >= 11 is 5.92. The van der Waals surface area contributed by atoms with Crippen LogP contribution in [0.1, 0.15) is 5.56 Å². The van der Waals surface area contributed by atoms with Gasteiger partial charge in [0, 0.05) is 17.3 Å². The van der Waals surface area contributed by atoms with Gasteiger partial charge in [-0.1, -0.05) is 17.7 Å². The Labute approximate surface area is 100.0 Å². The number of nitrogens with zero attached hydrogens (tertiary/aromatic N) is 1. The summed E-state index contributed by atoms with van der Waals surface area (Å²) in [6, 6.07) is 7.99. The molecule has 0 atom stereocenters. The van der Waals surface area contributed by atoms with Gasteiger partial charge in [-0.2, -0.15) is 5.26 Å². The van der Waals surface area contributed by atoms with Crippen molar-refractivity contribution in [1.82, 2.24) is 0 Å². The molecule has 4 heteroatoms. The Morgan fingerprint density at radius 1 is 1.56 bits per heavy atom. The summed E-state index contributed by atoms with van der Waals surface area (Å²) in [6.45, 7) is 3.63. The predicted molar refractivity (Wildman–Crippen MR) is 63.5 cm³/mol. The molecule has 0 amide bonds. The van der Waals surface area contributed by atoms with Gasteiger partial charge in [-0.15, -0.1) is 0 Å². The molecule has 1 aromatic rings. The number of benzene rings is 1. The third-order valence-electron chi connectivity index (χ3n) is 2.81. The molecule has 0 spiro atoms. The molecule has 1 saturated heterocycles. The minimum absolute atomic E-state index is 0.366. The van der Waals surface area contributed by atoms with Crippen LogP contribution in [0.3, 0.4) is 0 Å². The summed E-state index contributed by atoms with van der Waals surface area (Å²) in [6.07, 6.45) is 0. The standard InChI is InChI=1S/C12H13ClN2O/c1-9-2-3-10(13)4-11(9)15-6-12(5-14)7-16-8-12/h2-4,15H,6-8H2,1H3. The molecule has 0 saturated carbocycles. The topological polar surface area (TPSA) is 45.0 Å². The van der Waals surface area contributed by atoms with Gasteiger partial charge in [-0.3, -0.25) is 0 Å². The fourth-order valence-electron chi connectivity index (χ4n) is 1.60. The van der Waals surface area contributed by atoms with Crippen LogP contribution in [0.5, 0.6) is 0 Å². The van der Waals surface area contributed by atoms with Crippen molar-refractivity contribution in [1.29, 1.82) is 5.26 Å². The average Bonchev–Trinajstić information content (AvgIpc) is 2.22. The van der Waals surface area contributed by atoms with Crippen molar-refractivity contribution >= 4 is 17.3 Å². The van der Waals surface area contributed by atoms with Crippen molar-refractivity contribution in [2.45, 2.75) is 6.92 Å². The Morgan fingerprint density at radius 3 is 2.88 bits per heavy atom. The zero-order valence-corrected chi connectivity index (χ0v) is 9.84. The zero-order chi connectivity index (χ0) is 11.6. The highest BCUT2D eigenvalue weighted by atomic mass is 35.5. The van der Waals surface area contributed by atoms with E-state index >= 15 is 0 Å². The maximum Gasteiger partial charge on any atom is 0.121 e. The summed E-state index contributed by atoms with van der Waals surface area (Å²) in [4.78, 5) is 0. The largest absolute Gasteiger partial charge is 0.383 e. The number of aryl methyl sites for hydroxylation is 1. The fourth-order valence-corrected chi connectivity index (χ4v) is 1.78. The molecule has 2 rings (SSSR count). The second-order valence-corrected chi connectivity index (χ2v) is 4.63. The zero-order valence-electron chi connectivity index (χ0n) is 9.09. The Kier molecular flexibility index (Phi) is 3.04. The van der Waals surface area contributed by atoms with E-state index in [0.717, 1.165) is 11.3 Å². The monoisotopic (exact) mass is 236 g/mol. The molecule has 0 aromatic heterocycles. The fraction of sp³-hybridized carbons (Fsp3) is 0.417. The number of rotatable bonds is 3. The normalized spacial score (nSPS) is 17.3. The van der Waals surface area contributed by atoms with Crippen LogP contribution in [0.15, 0.2) is 18.2 Å². The highest BCUT2D eigenvalue weighted by Gasteiger charge is 2.38. The summed E-state index contributed by atoms with van der Waals surface area (Å²) in [7, 11) is 0. The van der Waals surface area contributed by atoms with E-state index in [0.29, 0.717) is 24.8 Å². The number of hydrogen-bond donors (Lipinski definition) is 1. The lowest BCUT2D eigenvalue weighted by atomic mass is 9.88. The molecule has 1 N–H and O–H groups in total. The highest BCUT2D eigenvalue weighted by molar-refractivity contribution is 6.30. The molecule has 1 aliphatic rings. The Hall–Kier alpha value is -1.24. The molecule has 0 unspecified atom stereocenters. The molecule has 1 aliphatic heterocycles. The van der Waals surface area contributed by atoms with E-state index in [-0.39, 0.29) is 5.41 Å². The van der Waals surface area contributed by atoms with Crippen molar-refractivity contribution in [2.75, 3.05) is 25.1 Å². The minimum Gasteiger partial charge on any atom is -0.383 e. The maximum absolute atomic E-state index is 9.04. The van der Waals surface area contributed by atoms with Crippen LogP contribution in [0, 0.1) is 23.7 Å². The highest BCUT2D eigenvalue weighted by Crippen LogP contribution is 2.28. The van der Waals surface area contributed by atoms with E-state index in [1.807, 2.05) is 25.1 Å². The van der Waals surface area contributed by atoms with Crippen molar-refractivity contribution in [3.63, 3.8) is 0 Å². The number of nitriles is 1. The van der Waals surface area contributed by atoms with E-state index < -0.39 is 0 Å². The predicted octanol–water partition coefficient (Wildman–Crippen LogP) is 2.60. The Morgan fingerprint density at radius 2 is 2.31 bits per heavy atom. The van der Waals surface area contributed by atoms with Crippen LogP contribution in [-0.2, 0) is 4.74 Å². The Balaban J connectivity index is 2.05. The number of halogens is 1. The molecular formula is C12H13ClN2O. The first-order valence-corrected chi connectivity index (χ1v) is 5.52. The molecular weight excluding hydrogens is 224 g/mol. The van der Waals surface area contributed by atoms with Crippen LogP contribution < -0.4 is 5.32 Å². The van der Waals surface area contributed by atoms with Crippen LogP contribution in [-0.4, -0.2) is 19.8 Å². The molecule has 0 aliphatic carbocycles. The van der Waals surface area contributed by atoms with Gasteiger partial charge >= 0.3 is 0 Å². The molecule has 1 fully saturated rings. The molecule has 0 radical (unpaired) electrons. The summed E-state index contributed by atoms with van der Waals surface area (Å²) in [5.74, 6) is 0. The number of hydrogen-bond acceptors (Lipinski definition) is 3. The van der Waals surface area contributed by atoms with Gasteiger partial charge in [0.1, 0.15) is 5.41 Å². The maximum atomic E-state index is 9.04. The molecule has 3 nitrogen and oxygen atoms in total. The van der Waals surface area contributed by atoms with Gasteiger partial charge in [-0.05, 0) is 24.6 Å². The van der Waals surface area contributed by atoms with E-state index in [1.165, 1.54) is 0 Å². The molecule has 16 heavy (non-hydrogen) atoms. The quantitative estimate of drug-likeness (QED) is 0.878.